The van der Waals surface area contributed by atoms with Gasteiger partial charge >= 0.3 is 0 Å². The quantitative estimate of drug-likeness (QED) is 0.592. The standard InChI is InChI=1S/C28H28N2O5/c1-16-9-10-22(33-2)21(13-16)29-27(31)25-18-7-5-6-8-19(18)28(32)30-12-11-17-14-23(34-3)24(35-4)15-20(17)26(25)30/h5-10,13-15,25-26H,11-12H2,1-4H3,(H,29,31)/t25-,26+/m0/s1. The molecule has 0 aromatic heterocycles. The second-order valence-corrected chi connectivity index (χ2v) is 8.86. The van der Waals surface area contributed by atoms with E-state index in [2.05, 4.69) is 5.32 Å². The number of nitrogens with one attached hydrogen (secondary N) is 1. The van der Waals surface area contributed by atoms with Gasteiger partial charge in [-0.1, -0.05) is 24.3 Å². The second-order valence-electron chi connectivity index (χ2n) is 8.86. The molecule has 0 aliphatic carbocycles. The van der Waals surface area contributed by atoms with E-state index < -0.39 is 12.0 Å². The van der Waals surface area contributed by atoms with Crippen LogP contribution in [-0.4, -0.2) is 44.6 Å². The van der Waals surface area contributed by atoms with Gasteiger partial charge in [-0.15, -0.1) is 0 Å². The molecular weight excluding hydrogens is 444 g/mol. The van der Waals surface area contributed by atoms with E-state index in [9.17, 15) is 9.59 Å². The van der Waals surface area contributed by atoms with Gasteiger partial charge in [0.15, 0.2) is 11.5 Å². The van der Waals surface area contributed by atoms with Crippen LogP contribution in [0.15, 0.2) is 54.6 Å². The Kier molecular flexibility index (Phi) is 5.84. The summed E-state index contributed by atoms with van der Waals surface area (Å²) in [6.45, 7) is 2.47. The summed E-state index contributed by atoms with van der Waals surface area (Å²) in [5, 5.41) is 3.08. The molecule has 7 nitrogen and oxygen atoms in total. The molecule has 3 aromatic rings. The van der Waals surface area contributed by atoms with Crippen LogP contribution in [0, 0.1) is 6.92 Å². The number of carbonyl (C=O) groups is 2. The van der Waals surface area contributed by atoms with Gasteiger partial charge in [0.25, 0.3) is 5.91 Å². The first-order chi connectivity index (χ1) is 17.0. The van der Waals surface area contributed by atoms with Gasteiger partial charge in [-0.25, -0.2) is 0 Å². The van der Waals surface area contributed by atoms with Crippen molar-refractivity contribution in [1.82, 2.24) is 4.90 Å². The molecule has 0 saturated heterocycles. The zero-order valence-electron chi connectivity index (χ0n) is 20.3. The molecule has 7 heteroatoms. The van der Waals surface area contributed by atoms with Crippen molar-refractivity contribution < 1.29 is 23.8 Å². The van der Waals surface area contributed by atoms with Gasteiger partial charge in [-0.3, -0.25) is 9.59 Å². The highest BCUT2D eigenvalue weighted by Crippen LogP contribution is 2.48. The molecule has 180 valence electrons. The molecule has 0 radical (unpaired) electrons. The summed E-state index contributed by atoms with van der Waals surface area (Å²) in [4.78, 5) is 29.3. The van der Waals surface area contributed by atoms with Crippen molar-refractivity contribution in [3.05, 3.63) is 82.4 Å². The minimum Gasteiger partial charge on any atom is -0.495 e. The molecule has 0 fully saturated rings. The van der Waals surface area contributed by atoms with Gasteiger partial charge in [0.2, 0.25) is 5.91 Å². The Morgan fingerprint density at radius 2 is 1.63 bits per heavy atom. The summed E-state index contributed by atoms with van der Waals surface area (Å²) in [6, 6.07) is 16.4. The smallest absolute Gasteiger partial charge is 0.254 e. The zero-order valence-corrected chi connectivity index (χ0v) is 20.3. The van der Waals surface area contributed by atoms with Crippen LogP contribution in [0.25, 0.3) is 0 Å². The topological polar surface area (TPSA) is 77.1 Å². The summed E-state index contributed by atoms with van der Waals surface area (Å²) < 4.78 is 16.6. The summed E-state index contributed by atoms with van der Waals surface area (Å²) in [5.74, 6) is 0.893. The number of anilines is 1. The van der Waals surface area contributed by atoms with Crippen molar-refractivity contribution >= 4 is 17.5 Å². The van der Waals surface area contributed by atoms with Crippen molar-refractivity contribution in [3.8, 4) is 17.2 Å². The molecule has 0 saturated carbocycles. The van der Waals surface area contributed by atoms with Crippen molar-refractivity contribution in [1.29, 1.82) is 0 Å². The normalized spacial score (nSPS) is 18.2. The lowest BCUT2D eigenvalue weighted by Gasteiger charge is -2.45. The van der Waals surface area contributed by atoms with Crippen LogP contribution in [0.5, 0.6) is 17.2 Å². The first-order valence-electron chi connectivity index (χ1n) is 11.6. The number of fused-ring (bicyclic) bond motifs is 4. The minimum atomic E-state index is -0.619. The highest BCUT2D eigenvalue weighted by molar-refractivity contribution is 6.05. The van der Waals surface area contributed by atoms with Gasteiger partial charge in [-0.05, 0) is 65.9 Å². The summed E-state index contributed by atoms with van der Waals surface area (Å²) in [6.07, 6.45) is 0.667. The van der Waals surface area contributed by atoms with E-state index in [1.165, 1.54) is 0 Å². The van der Waals surface area contributed by atoms with Crippen LogP contribution in [0.4, 0.5) is 5.69 Å². The highest BCUT2D eigenvalue weighted by Gasteiger charge is 2.46. The first-order valence-corrected chi connectivity index (χ1v) is 11.6. The lowest BCUT2D eigenvalue weighted by molar-refractivity contribution is -0.119. The number of rotatable bonds is 5. The molecule has 3 aromatic carbocycles. The number of carbonyl (C=O) groups excluding carboxylic acids is 2. The Bertz CT molecular complexity index is 1320. The Morgan fingerprint density at radius 1 is 0.914 bits per heavy atom. The third-order valence-electron chi connectivity index (χ3n) is 6.92. The number of hydrogen-bond acceptors (Lipinski definition) is 5. The maximum absolute atomic E-state index is 14.0. The predicted molar refractivity (Wildman–Crippen MR) is 133 cm³/mol. The Labute approximate surface area is 204 Å². The van der Waals surface area contributed by atoms with E-state index in [0.29, 0.717) is 47.0 Å². The van der Waals surface area contributed by atoms with Crippen LogP contribution >= 0.6 is 0 Å². The molecule has 1 N–H and O–H groups in total. The SMILES string of the molecule is COc1ccc(C)cc1NC(=O)[C@H]1c2ccccc2C(=O)N2CCc3cc(OC)c(OC)cc3[C@H]12. The maximum Gasteiger partial charge on any atom is 0.254 e. The Balaban J connectivity index is 1.66. The van der Waals surface area contributed by atoms with Gasteiger partial charge in [0.1, 0.15) is 5.75 Å². The van der Waals surface area contributed by atoms with Crippen LogP contribution < -0.4 is 19.5 Å². The average molecular weight is 473 g/mol. The Morgan fingerprint density at radius 3 is 2.37 bits per heavy atom. The van der Waals surface area contributed by atoms with Crippen LogP contribution in [0.1, 0.15) is 44.6 Å². The van der Waals surface area contributed by atoms with E-state index in [-0.39, 0.29) is 11.8 Å². The molecule has 0 spiro atoms. The van der Waals surface area contributed by atoms with Crippen molar-refractivity contribution in [2.24, 2.45) is 0 Å². The molecule has 2 amide bonds. The molecule has 5 rings (SSSR count). The summed E-state index contributed by atoms with van der Waals surface area (Å²) >= 11 is 0. The minimum absolute atomic E-state index is 0.0665. The molecular formula is C28H28N2O5. The third-order valence-corrected chi connectivity index (χ3v) is 6.92. The lowest BCUT2D eigenvalue weighted by Crippen LogP contribution is -2.49. The maximum atomic E-state index is 14.0. The van der Waals surface area contributed by atoms with Gasteiger partial charge < -0.3 is 24.4 Å². The zero-order chi connectivity index (χ0) is 24.7. The summed E-state index contributed by atoms with van der Waals surface area (Å²) in [5.41, 5.74) is 4.81. The fourth-order valence-electron chi connectivity index (χ4n) is 5.27. The molecule has 2 atom stereocenters. The van der Waals surface area contributed by atoms with Gasteiger partial charge in [-0.2, -0.15) is 0 Å². The van der Waals surface area contributed by atoms with E-state index in [1.807, 2.05) is 60.4 Å². The Hall–Kier alpha value is -4.00. The second kappa shape index (κ2) is 8.98. The number of hydrogen-bond donors (Lipinski definition) is 1. The number of nitrogens with zero attached hydrogens (tertiary/aromatic N) is 1. The number of amides is 2. The van der Waals surface area contributed by atoms with Crippen LogP contribution in [0.3, 0.4) is 0 Å². The fraction of sp³-hybridized carbons (Fsp3) is 0.286. The number of methoxy groups -OCH3 is 3. The van der Waals surface area contributed by atoms with Crippen LogP contribution in [0.2, 0.25) is 0 Å². The van der Waals surface area contributed by atoms with Crippen molar-refractivity contribution in [2.75, 3.05) is 33.2 Å². The monoisotopic (exact) mass is 472 g/mol. The molecule has 0 bridgehead atoms. The van der Waals surface area contributed by atoms with Gasteiger partial charge in [0.05, 0.1) is 39.0 Å². The number of benzene rings is 3. The average Bonchev–Trinajstić information content (AvgIpc) is 2.88. The lowest BCUT2D eigenvalue weighted by atomic mass is 9.75. The van der Waals surface area contributed by atoms with Gasteiger partial charge in [0, 0.05) is 12.1 Å². The van der Waals surface area contributed by atoms with Crippen LogP contribution in [-0.2, 0) is 11.2 Å². The fourth-order valence-corrected chi connectivity index (χ4v) is 5.27. The van der Waals surface area contributed by atoms with E-state index >= 15 is 0 Å². The van der Waals surface area contributed by atoms with Crippen molar-refractivity contribution in [2.45, 2.75) is 25.3 Å². The van der Waals surface area contributed by atoms with Crippen molar-refractivity contribution in [3.63, 3.8) is 0 Å². The summed E-state index contributed by atoms with van der Waals surface area (Å²) in [7, 11) is 4.76. The number of ether oxygens (including phenoxy) is 3. The predicted octanol–water partition coefficient (Wildman–Crippen LogP) is 4.50. The van der Waals surface area contributed by atoms with E-state index in [0.717, 1.165) is 16.7 Å². The molecule has 35 heavy (non-hydrogen) atoms. The molecule has 0 unspecified atom stereocenters. The molecule has 2 aliphatic rings. The molecule has 2 heterocycles. The largest absolute Gasteiger partial charge is 0.495 e. The van der Waals surface area contributed by atoms with E-state index in [4.69, 9.17) is 14.2 Å². The first kappa shape index (κ1) is 22.8. The highest BCUT2D eigenvalue weighted by atomic mass is 16.5. The third kappa shape index (κ3) is 3.77. The van der Waals surface area contributed by atoms with E-state index in [1.54, 1.807) is 27.4 Å². The molecule has 2 aliphatic heterocycles. The number of aryl methyl sites for hydroxylation is 1.